The smallest absolute Gasteiger partial charge is 0.241 e. The maximum absolute atomic E-state index is 12.4. The Kier molecular flexibility index (Phi) is 6.72. The lowest BCUT2D eigenvalue weighted by molar-refractivity contribution is -0.131. The molecule has 2 aromatic carbocycles. The van der Waals surface area contributed by atoms with Crippen LogP contribution in [0.1, 0.15) is 18.4 Å². The molecule has 0 atom stereocenters. The lowest BCUT2D eigenvalue weighted by Crippen LogP contribution is -2.39. The molecule has 31 heavy (non-hydrogen) atoms. The van der Waals surface area contributed by atoms with Crippen molar-refractivity contribution in [3.63, 3.8) is 0 Å². The molecule has 7 heteroatoms. The van der Waals surface area contributed by atoms with Crippen LogP contribution >= 0.6 is 11.8 Å². The minimum atomic E-state index is -0.169. The number of hydrogen-bond donors (Lipinski definition) is 1. The zero-order chi connectivity index (χ0) is 21.6. The van der Waals surface area contributed by atoms with Crippen LogP contribution in [-0.4, -0.2) is 51.7 Å². The van der Waals surface area contributed by atoms with Gasteiger partial charge in [0, 0.05) is 24.3 Å². The Balaban J connectivity index is 1.47. The standard InChI is InChI=1S/C24H26N4O2S/c1-18-9-11-19(12-10-18)21-15-26-24(28(21)20-7-3-2-4-8-20)31-17-22(29)25-16-23(30)27-13-5-6-14-27/h2-4,7-12,15H,5-6,13-14,16-17H2,1H3,(H,25,29). The molecular weight excluding hydrogens is 408 g/mol. The van der Waals surface area contributed by atoms with Gasteiger partial charge >= 0.3 is 0 Å². The molecule has 0 aliphatic carbocycles. The summed E-state index contributed by atoms with van der Waals surface area (Å²) in [4.78, 5) is 30.9. The van der Waals surface area contributed by atoms with E-state index in [1.54, 1.807) is 0 Å². The molecule has 0 spiro atoms. The molecule has 160 valence electrons. The van der Waals surface area contributed by atoms with Crippen molar-refractivity contribution in [1.29, 1.82) is 0 Å². The summed E-state index contributed by atoms with van der Waals surface area (Å²) in [6.45, 7) is 3.70. The van der Waals surface area contributed by atoms with Crippen LogP contribution in [0.5, 0.6) is 0 Å². The van der Waals surface area contributed by atoms with Crippen molar-refractivity contribution in [3.8, 4) is 16.9 Å². The third-order valence-electron chi connectivity index (χ3n) is 5.32. The first-order valence-electron chi connectivity index (χ1n) is 10.5. The van der Waals surface area contributed by atoms with Crippen LogP contribution in [0, 0.1) is 6.92 Å². The molecule has 0 bridgehead atoms. The van der Waals surface area contributed by atoms with Gasteiger partial charge in [-0.15, -0.1) is 0 Å². The summed E-state index contributed by atoms with van der Waals surface area (Å²) in [5.74, 6) is 0.0186. The number of imidazole rings is 1. The highest BCUT2D eigenvalue weighted by Gasteiger charge is 2.19. The topological polar surface area (TPSA) is 67.2 Å². The Morgan fingerprint density at radius 1 is 1.03 bits per heavy atom. The van der Waals surface area contributed by atoms with Crippen LogP contribution < -0.4 is 5.32 Å². The molecule has 2 heterocycles. The molecule has 2 amide bonds. The number of carbonyl (C=O) groups is 2. The first-order valence-corrected chi connectivity index (χ1v) is 11.5. The molecule has 1 aliphatic rings. The van der Waals surface area contributed by atoms with Gasteiger partial charge in [-0.25, -0.2) is 4.98 Å². The highest BCUT2D eigenvalue weighted by molar-refractivity contribution is 7.99. The van der Waals surface area contributed by atoms with Crippen molar-refractivity contribution < 1.29 is 9.59 Å². The average Bonchev–Trinajstić information content (AvgIpc) is 3.47. The summed E-state index contributed by atoms with van der Waals surface area (Å²) >= 11 is 1.37. The Morgan fingerprint density at radius 3 is 2.45 bits per heavy atom. The summed E-state index contributed by atoms with van der Waals surface area (Å²) < 4.78 is 2.07. The zero-order valence-electron chi connectivity index (χ0n) is 17.6. The number of nitrogens with zero attached hydrogens (tertiary/aromatic N) is 3. The predicted octanol–water partition coefficient (Wildman–Crippen LogP) is 3.68. The molecule has 1 N–H and O–H groups in total. The lowest BCUT2D eigenvalue weighted by atomic mass is 10.1. The molecule has 0 radical (unpaired) electrons. The number of carbonyl (C=O) groups excluding carboxylic acids is 2. The fourth-order valence-electron chi connectivity index (χ4n) is 3.62. The maximum Gasteiger partial charge on any atom is 0.241 e. The minimum Gasteiger partial charge on any atom is -0.346 e. The van der Waals surface area contributed by atoms with E-state index in [1.807, 2.05) is 41.4 Å². The fraction of sp³-hybridized carbons (Fsp3) is 0.292. The van der Waals surface area contributed by atoms with Gasteiger partial charge in [0.2, 0.25) is 11.8 Å². The molecule has 6 nitrogen and oxygen atoms in total. The number of likely N-dealkylation sites (tertiary alicyclic amines) is 1. The van der Waals surface area contributed by atoms with Crippen LogP contribution in [0.25, 0.3) is 16.9 Å². The van der Waals surface area contributed by atoms with Gasteiger partial charge < -0.3 is 10.2 Å². The average molecular weight is 435 g/mol. The quantitative estimate of drug-likeness (QED) is 0.576. The van der Waals surface area contributed by atoms with Gasteiger partial charge in [0.25, 0.3) is 0 Å². The second kappa shape index (κ2) is 9.83. The minimum absolute atomic E-state index is 0.0108. The molecule has 4 rings (SSSR count). The SMILES string of the molecule is Cc1ccc(-c2cnc(SCC(=O)NCC(=O)N3CCCC3)n2-c2ccccc2)cc1. The monoisotopic (exact) mass is 434 g/mol. The Morgan fingerprint density at radius 2 is 1.74 bits per heavy atom. The lowest BCUT2D eigenvalue weighted by Gasteiger charge is -2.15. The van der Waals surface area contributed by atoms with E-state index in [1.165, 1.54) is 17.3 Å². The second-order valence-corrected chi connectivity index (χ2v) is 8.56. The molecular formula is C24H26N4O2S. The molecule has 1 fully saturated rings. The van der Waals surface area contributed by atoms with E-state index in [0.717, 1.165) is 48.0 Å². The number of aryl methyl sites for hydroxylation is 1. The molecule has 1 saturated heterocycles. The molecule has 0 unspecified atom stereocenters. The van der Waals surface area contributed by atoms with Gasteiger partial charge in [-0.05, 0) is 31.9 Å². The van der Waals surface area contributed by atoms with Crippen molar-refractivity contribution in [2.75, 3.05) is 25.4 Å². The van der Waals surface area contributed by atoms with Crippen LogP contribution in [0.15, 0.2) is 66.0 Å². The number of hydrogen-bond acceptors (Lipinski definition) is 4. The Hall–Kier alpha value is -3.06. The number of aromatic nitrogens is 2. The van der Waals surface area contributed by atoms with E-state index >= 15 is 0 Å². The van der Waals surface area contributed by atoms with Crippen molar-refractivity contribution >= 4 is 23.6 Å². The van der Waals surface area contributed by atoms with Crippen LogP contribution in [0.3, 0.4) is 0 Å². The van der Waals surface area contributed by atoms with Crippen molar-refractivity contribution in [2.24, 2.45) is 0 Å². The number of rotatable bonds is 7. The Bertz CT molecular complexity index is 1040. The molecule has 1 aliphatic heterocycles. The van der Waals surface area contributed by atoms with Gasteiger partial charge in [0.05, 0.1) is 24.2 Å². The molecule has 3 aromatic rings. The third-order valence-corrected chi connectivity index (χ3v) is 6.27. The van der Waals surface area contributed by atoms with Gasteiger partial charge in [-0.1, -0.05) is 59.8 Å². The van der Waals surface area contributed by atoms with E-state index in [9.17, 15) is 9.59 Å². The number of amides is 2. The van der Waals surface area contributed by atoms with Gasteiger partial charge in [0.15, 0.2) is 5.16 Å². The molecule has 1 aromatic heterocycles. The third kappa shape index (κ3) is 5.17. The molecule has 0 saturated carbocycles. The van der Waals surface area contributed by atoms with Gasteiger partial charge in [0.1, 0.15) is 0 Å². The van der Waals surface area contributed by atoms with Crippen molar-refractivity contribution in [2.45, 2.75) is 24.9 Å². The van der Waals surface area contributed by atoms with E-state index in [2.05, 4.69) is 46.1 Å². The van der Waals surface area contributed by atoms with E-state index in [0.29, 0.717) is 0 Å². The fourth-order valence-corrected chi connectivity index (χ4v) is 4.45. The van der Waals surface area contributed by atoms with E-state index in [4.69, 9.17) is 0 Å². The van der Waals surface area contributed by atoms with Crippen LogP contribution in [-0.2, 0) is 9.59 Å². The van der Waals surface area contributed by atoms with Crippen LogP contribution in [0.2, 0.25) is 0 Å². The number of nitrogens with one attached hydrogen (secondary N) is 1. The number of para-hydroxylation sites is 1. The van der Waals surface area contributed by atoms with Crippen molar-refractivity contribution in [1.82, 2.24) is 19.8 Å². The first-order chi connectivity index (χ1) is 15.1. The summed E-state index contributed by atoms with van der Waals surface area (Å²) in [7, 11) is 0. The highest BCUT2D eigenvalue weighted by atomic mass is 32.2. The van der Waals surface area contributed by atoms with Gasteiger partial charge in [-0.3, -0.25) is 14.2 Å². The highest BCUT2D eigenvalue weighted by Crippen LogP contribution is 2.30. The normalized spacial score (nSPS) is 13.4. The van der Waals surface area contributed by atoms with Crippen LogP contribution in [0.4, 0.5) is 0 Å². The van der Waals surface area contributed by atoms with E-state index in [-0.39, 0.29) is 24.1 Å². The number of benzene rings is 2. The predicted molar refractivity (Wildman–Crippen MR) is 123 cm³/mol. The zero-order valence-corrected chi connectivity index (χ0v) is 18.4. The summed E-state index contributed by atoms with van der Waals surface area (Å²) in [5, 5.41) is 3.48. The van der Waals surface area contributed by atoms with Crippen molar-refractivity contribution in [3.05, 3.63) is 66.4 Å². The van der Waals surface area contributed by atoms with Gasteiger partial charge in [-0.2, -0.15) is 0 Å². The first kappa shape index (κ1) is 21.2. The summed E-state index contributed by atoms with van der Waals surface area (Å²) in [6, 6.07) is 18.3. The largest absolute Gasteiger partial charge is 0.346 e. The number of thioether (sulfide) groups is 1. The van der Waals surface area contributed by atoms with E-state index < -0.39 is 0 Å². The Labute approximate surface area is 186 Å². The summed E-state index contributed by atoms with van der Waals surface area (Å²) in [5.41, 5.74) is 4.22. The second-order valence-electron chi connectivity index (χ2n) is 7.62. The summed E-state index contributed by atoms with van der Waals surface area (Å²) in [6.07, 6.45) is 3.93. The maximum atomic E-state index is 12.4.